The van der Waals surface area contributed by atoms with Gasteiger partial charge in [0.15, 0.2) is 0 Å². The van der Waals surface area contributed by atoms with Crippen molar-refractivity contribution in [2.45, 2.75) is 25.9 Å². The third kappa shape index (κ3) is 3.18. The van der Waals surface area contributed by atoms with Gasteiger partial charge in [0.1, 0.15) is 0 Å². The summed E-state index contributed by atoms with van der Waals surface area (Å²) in [5, 5.41) is 7.92. The lowest BCUT2D eigenvalue weighted by molar-refractivity contribution is -0.125. The predicted octanol–water partition coefficient (Wildman–Crippen LogP) is -0.876. The van der Waals surface area contributed by atoms with Crippen molar-refractivity contribution in [1.82, 2.24) is 20.9 Å². The lowest BCUT2D eigenvalue weighted by atomic mass is 10.1. The standard InChI is InChI=1S/C10H20N4O2/c1-7-6-12-4-5-14(7)8(2)9(15)13-10(16)11-3/h7-8,12H,4-6H2,1-3H3,(H2,11,13,15,16)/t7-,8?/m1/s1. The topological polar surface area (TPSA) is 73.5 Å². The zero-order valence-electron chi connectivity index (χ0n) is 10.0. The average molecular weight is 228 g/mol. The van der Waals surface area contributed by atoms with Gasteiger partial charge in [-0.2, -0.15) is 0 Å². The summed E-state index contributed by atoms with van der Waals surface area (Å²) in [7, 11) is 1.49. The average Bonchev–Trinajstić information content (AvgIpc) is 2.28. The van der Waals surface area contributed by atoms with Crippen LogP contribution in [0.5, 0.6) is 0 Å². The fourth-order valence-electron chi connectivity index (χ4n) is 1.86. The van der Waals surface area contributed by atoms with Crippen LogP contribution < -0.4 is 16.0 Å². The first-order chi connectivity index (χ1) is 7.56. The molecule has 0 aromatic rings. The summed E-state index contributed by atoms with van der Waals surface area (Å²) in [5.74, 6) is -0.256. The van der Waals surface area contributed by atoms with E-state index in [1.165, 1.54) is 7.05 Å². The van der Waals surface area contributed by atoms with Gasteiger partial charge in [-0.3, -0.25) is 15.0 Å². The zero-order chi connectivity index (χ0) is 12.1. The molecule has 1 fully saturated rings. The Hall–Kier alpha value is -1.14. The number of nitrogens with one attached hydrogen (secondary N) is 3. The van der Waals surface area contributed by atoms with Crippen molar-refractivity contribution in [1.29, 1.82) is 0 Å². The van der Waals surface area contributed by atoms with E-state index >= 15 is 0 Å². The summed E-state index contributed by atoms with van der Waals surface area (Å²) in [6.07, 6.45) is 0. The van der Waals surface area contributed by atoms with Gasteiger partial charge in [-0.25, -0.2) is 4.79 Å². The van der Waals surface area contributed by atoms with Crippen molar-refractivity contribution in [3.8, 4) is 0 Å². The SMILES string of the molecule is CNC(=O)NC(=O)C(C)N1CCNC[C@H]1C. The Morgan fingerprint density at radius 3 is 2.75 bits per heavy atom. The van der Waals surface area contributed by atoms with Crippen molar-refractivity contribution >= 4 is 11.9 Å². The van der Waals surface area contributed by atoms with E-state index in [1.54, 1.807) is 0 Å². The second kappa shape index (κ2) is 5.81. The monoisotopic (exact) mass is 228 g/mol. The van der Waals surface area contributed by atoms with Gasteiger partial charge in [0.2, 0.25) is 5.91 Å². The van der Waals surface area contributed by atoms with Crippen LogP contribution in [0.1, 0.15) is 13.8 Å². The molecule has 92 valence electrons. The molecule has 6 nitrogen and oxygen atoms in total. The third-order valence-corrected chi connectivity index (χ3v) is 2.89. The summed E-state index contributed by atoms with van der Waals surface area (Å²) in [4.78, 5) is 24.8. The van der Waals surface area contributed by atoms with Gasteiger partial charge in [-0.15, -0.1) is 0 Å². The predicted molar refractivity (Wildman–Crippen MR) is 61.1 cm³/mol. The molecule has 1 rings (SSSR count). The highest BCUT2D eigenvalue weighted by Crippen LogP contribution is 2.07. The van der Waals surface area contributed by atoms with Gasteiger partial charge in [-0.05, 0) is 13.8 Å². The fourth-order valence-corrected chi connectivity index (χ4v) is 1.86. The van der Waals surface area contributed by atoms with Crippen molar-refractivity contribution in [2.75, 3.05) is 26.7 Å². The summed E-state index contributed by atoms with van der Waals surface area (Å²) in [6, 6.07) is -0.437. The van der Waals surface area contributed by atoms with Gasteiger partial charge in [-0.1, -0.05) is 0 Å². The summed E-state index contributed by atoms with van der Waals surface area (Å²) in [5.41, 5.74) is 0. The van der Waals surface area contributed by atoms with Crippen LogP contribution in [-0.4, -0.2) is 55.6 Å². The Labute approximate surface area is 95.8 Å². The smallest absolute Gasteiger partial charge is 0.321 e. The third-order valence-electron chi connectivity index (χ3n) is 2.89. The molecule has 1 aliphatic heterocycles. The van der Waals surface area contributed by atoms with Crippen LogP contribution in [0, 0.1) is 0 Å². The fraction of sp³-hybridized carbons (Fsp3) is 0.800. The minimum absolute atomic E-state index is 0.256. The van der Waals surface area contributed by atoms with Crippen molar-refractivity contribution in [2.24, 2.45) is 0 Å². The van der Waals surface area contributed by atoms with Crippen LogP contribution in [0.2, 0.25) is 0 Å². The molecule has 3 amide bonds. The minimum Gasteiger partial charge on any atom is -0.341 e. The molecule has 0 radical (unpaired) electrons. The molecule has 0 bridgehead atoms. The molecule has 0 spiro atoms. The molecule has 0 aliphatic carbocycles. The molecule has 0 aromatic heterocycles. The second-order valence-electron chi connectivity index (χ2n) is 4.04. The number of carbonyl (C=O) groups is 2. The Morgan fingerprint density at radius 2 is 2.19 bits per heavy atom. The molecule has 1 unspecified atom stereocenters. The van der Waals surface area contributed by atoms with Crippen molar-refractivity contribution in [3.63, 3.8) is 0 Å². The van der Waals surface area contributed by atoms with E-state index in [4.69, 9.17) is 0 Å². The first-order valence-electron chi connectivity index (χ1n) is 5.55. The molecular weight excluding hydrogens is 208 g/mol. The summed E-state index contributed by atoms with van der Waals surface area (Å²) < 4.78 is 0. The first kappa shape index (κ1) is 12.9. The number of imide groups is 1. The maximum Gasteiger partial charge on any atom is 0.321 e. The molecule has 1 heterocycles. The van der Waals surface area contributed by atoms with E-state index in [2.05, 4.69) is 27.8 Å². The van der Waals surface area contributed by atoms with Gasteiger partial charge < -0.3 is 10.6 Å². The van der Waals surface area contributed by atoms with Gasteiger partial charge in [0, 0.05) is 32.7 Å². The van der Waals surface area contributed by atoms with E-state index in [1.807, 2.05) is 6.92 Å². The van der Waals surface area contributed by atoms with E-state index in [0.29, 0.717) is 6.04 Å². The maximum absolute atomic E-state index is 11.7. The number of nitrogens with zero attached hydrogens (tertiary/aromatic N) is 1. The van der Waals surface area contributed by atoms with Crippen molar-refractivity contribution < 1.29 is 9.59 Å². The highest BCUT2D eigenvalue weighted by molar-refractivity contribution is 5.96. The quantitative estimate of drug-likeness (QED) is 0.574. The maximum atomic E-state index is 11.7. The van der Waals surface area contributed by atoms with E-state index < -0.39 is 6.03 Å². The Bertz CT molecular complexity index is 270. The largest absolute Gasteiger partial charge is 0.341 e. The lowest BCUT2D eigenvalue weighted by Gasteiger charge is -2.37. The number of rotatable bonds is 2. The summed E-state index contributed by atoms with van der Waals surface area (Å²) >= 11 is 0. The van der Waals surface area contributed by atoms with E-state index in [-0.39, 0.29) is 11.9 Å². The van der Waals surface area contributed by atoms with E-state index in [9.17, 15) is 9.59 Å². The normalized spacial score (nSPS) is 23.6. The molecule has 1 aliphatic rings. The highest BCUT2D eigenvalue weighted by Gasteiger charge is 2.28. The van der Waals surface area contributed by atoms with Crippen LogP contribution >= 0.6 is 0 Å². The van der Waals surface area contributed by atoms with Crippen LogP contribution in [-0.2, 0) is 4.79 Å². The highest BCUT2D eigenvalue weighted by atomic mass is 16.2. The molecule has 3 N–H and O–H groups in total. The number of hydrogen-bond acceptors (Lipinski definition) is 4. The number of carbonyl (C=O) groups excluding carboxylic acids is 2. The number of urea groups is 1. The number of amides is 3. The molecule has 0 aromatic carbocycles. The number of piperazine rings is 1. The molecule has 6 heteroatoms. The van der Waals surface area contributed by atoms with Gasteiger partial charge in [0.25, 0.3) is 0 Å². The van der Waals surface area contributed by atoms with Crippen molar-refractivity contribution in [3.05, 3.63) is 0 Å². The Kier molecular flexibility index (Phi) is 4.70. The van der Waals surface area contributed by atoms with Gasteiger partial charge >= 0.3 is 6.03 Å². The van der Waals surface area contributed by atoms with Crippen LogP contribution in [0.3, 0.4) is 0 Å². The second-order valence-corrected chi connectivity index (χ2v) is 4.04. The Balaban J connectivity index is 2.51. The van der Waals surface area contributed by atoms with Crippen LogP contribution in [0.15, 0.2) is 0 Å². The molecular formula is C10H20N4O2. The van der Waals surface area contributed by atoms with Gasteiger partial charge in [0.05, 0.1) is 6.04 Å². The van der Waals surface area contributed by atoms with E-state index in [0.717, 1.165) is 19.6 Å². The number of hydrogen-bond donors (Lipinski definition) is 3. The summed E-state index contributed by atoms with van der Waals surface area (Å²) in [6.45, 7) is 6.46. The minimum atomic E-state index is -0.459. The van der Waals surface area contributed by atoms with Crippen LogP contribution in [0.25, 0.3) is 0 Å². The Morgan fingerprint density at radius 1 is 1.50 bits per heavy atom. The zero-order valence-corrected chi connectivity index (χ0v) is 10.0. The van der Waals surface area contributed by atoms with Crippen LogP contribution in [0.4, 0.5) is 4.79 Å². The molecule has 16 heavy (non-hydrogen) atoms. The first-order valence-corrected chi connectivity index (χ1v) is 5.55. The molecule has 2 atom stereocenters. The molecule has 0 saturated carbocycles. The lowest BCUT2D eigenvalue weighted by Crippen LogP contribution is -2.58. The molecule has 1 saturated heterocycles.